The Morgan fingerprint density at radius 2 is 1.70 bits per heavy atom. The Labute approximate surface area is 177 Å². The Balaban J connectivity index is 2.69. The molecule has 1 aliphatic heterocycles. The zero-order valence-corrected chi connectivity index (χ0v) is 19.2. The Morgan fingerprint density at radius 3 is 2.13 bits per heavy atom. The van der Waals surface area contributed by atoms with Crippen LogP contribution in [0, 0.1) is 5.92 Å². The second-order valence-corrected chi connectivity index (χ2v) is 9.55. The molecule has 0 bridgehead atoms. The molecule has 0 saturated heterocycles. The number of hydrogen-bond donors (Lipinski definition) is 1. The van der Waals surface area contributed by atoms with E-state index in [2.05, 4.69) is 10.3 Å². The maximum atomic E-state index is 13.0. The molecule has 1 aromatic heterocycles. The van der Waals surface area contributed by atoms with E-state index in [0.29, 0.717) is 17.1 Å². The summed E-state index contributed by atoms with van der Waals surface area (Å²) in [5, 5.41) is 2.89. The number of hydrogen-bond acceptors (Lipinski definition) is 8. The van der Waals surface area contributed by atoms with Gasteiger partial charge in [-0.3, -0.25) is 0 Å². The Morgan fingerprint density at radius 1 is 1.17 bits per heavy atom. The molecule has 0 spiro atoms. The van der Waals surface area contributed by atoms with Crippen molar-refractivity contribution < 1.29 is 27.5 Å². The van der Waals surface area contributed by atoms with Crippen molar-refractivity contribution >= 4 is 21.8 Å². The summed E-state index contributed by atoms with van der Waals surface area (Å²) in [7, 11) is -2.08. The Bertz CT molecular complexity index is 1020. The molecule has 1 aromatic rings. The number of nitrogens with zero attached hydrogens (tertiary/aromatic N) is 2. The van der Waals surface area contributed by atoms with Crippen molar-refractivity contribution in [3.63, 3.8) is 0 Å². The summed E-state index contributed by atoms with van der Waals surface area (Å²) < 4.78 is 36.2. The summed E-state index contributed by atoms with van der Waals surface area (Å²) in [5.41, 5.74) is 1.82. The van der Waals surface area contributed by atoms with Gasteiger partial charge in [-0.05, 0) is 26.7 Å². The van der Waals surface area contributed by atoms with Crippen molar-refractivity contribution in [2.45, 2.75) is 45.7 Å². The number of sulfone groups is 1. The van der Waals surface area contributed by atoms with E-state index >= 15 is 0 Å². The van der Waals surface area contributed by atoms with Crippen LogP contribution >= 0.6 is 0 Å². The van der Waals surface area contributed by atoms with Gasteiger partial charge in [0, 0.05) is 24.7 Å². The molecule has 30 heavy (non-hydrogen) atoms. The molecule has 1 unspecified atom stereocenters. The van der Waals surface area contributed by atoms with E-state index in [9.17, 15) is 18.0 Å². The van der Waals surface area contributed by atoms with Crippen LogP contribution in [0.2, 0.25) is 0 Å². The highest BCUT2D eigenvalue weighted by molar-refractivity contribution is 7.90. The van der Waals surface area contributed by atoms with E-state index in [1.165, 1.54) is 17.8 Å². The largest absolute Gasteiger partial charge is 0.463 e. The molecule has 0 fully saturated rings. The first-order chi connectivity index (χ1) is 13.9. The van der Waals surface area contributed by atoms with Crippen LogP contribution in [0.1, 0.15) is 46.2 Å². The van der Waals surface area contributed by atoms with Crippen molar-refractivity contribution in [1.29, 1.82) is 0 Å². The van der Waals surface area contributed by atoms with Crippen molar-refractivity contribution in [1.82, 2.24) is 14.9 Å². The second-order valence-electron chi connectivity index (χ2n) is 7.64. The standard InChI is InChI=1S/C20H29N3O6S/c1-8-28-18(24)15-12(4)22-13(5)16(19(25)29-10-11(2)3)17(15)14-9-21-20(23(14)6)30(7,26)27/h9,11,17,22H,8,10H2,1-7H3. The normalized spacial score (nSPS) is 17.3. The van der Waals surface area contributed by atoms with Gasteiger partial charge in [0.15, 0.2) is 0 Å². The molecule has 9 nitrogen and oxygen atoms in total. The highest BCUT2D eigenvalue weighted by Gasteiger charge is 2.40. The summed E-state index contributed by atoms with van der Waals surface area (Å²) in [6.07, 6.45) is 2.41. The number of ether oxygens (including phenoxy) is 2. The van der Waals surface area contributed by atoms with Crippen molar-refractivity contribution in [3.8, 4) is 0 Å². The van der Waals surface area contributed by atoms with Crippen molar-refractivity contribution in [3.05, 3.63) is 34.4 Å². The average Bonchev–Trinajstić information content (AvgIpc) is 3.00. The lowest BCUT2D eigenvalue weighted by atomic mass is 9.83. The quantitative estimate of drug-likeness (QED) is 0.640. The molecule has 166 valence electrons. The fourth-order valence-electron chi connectivity index (χ4n) is 3.38. The SMILES string of the molecule is CCOC(=O)C1=C(C)NC(C)=C(C(=O)OCC(C)C)C1c1cnc(S(C)(=O)=O)n1C. The maximum Gasteiger partial charge on any atom is 0.336 e. The summed E-state index contributed by atoms with van der Waals surface area (Å²) in [6.45, 7) is 9.28. The summed E-state index contributed by atoms with van der Waals surface area (Å²) in [6, 6.07) is 0. The van der Waals surface area contributed by atoms with E-state index in [1.54, 1.807) is 20.8 Å². The molecule has 0 amide bonds. The lowest BCUT2D eigenvalue weighted by molar-refractivity contribution is -0.140. The van der Waals surface area contributed by atoms with Crippen LogP contribution < -0.4 is 5.32 Å². The fourth-order valence-corrected chi connectivity index (χ4v) is 4.22. The van der Waals surface area contributed by atoms with Gasteiger partial charge in [-0.1, -0.05) is 13.8 Å². The third-order valence-electron chi connectivity index (χ3n) is 4.63. The minimum Gasteiger partial charge on any atom is -0.463 e. The zero-order valence-electron chi connectivity index (χ0n) is 18.4. The molecule has 0 saturated carbocycles. The summed E-state index contributed by atoms with van der Waals surface area (Å²) >= 11 is 0. The predicted octanol–water partition coefficient (Wildman–Crippen LogP) is 1.82. The maximum absolute atomic E-state index is 13.0. The number of allylic oxidation sites excluding steroid dienone is 2. The number of carbonyl (C=O) groups is 2. The molecule has 1 atom stereocenters. The molecule has 0 radical (unpaired) electrons. The molecule has 2 rings (SSSR count). The second kappa shape index (κ2) is 9.03. The van der Waals surface area contributed by atoms with E-state index in [0.717, 1.165) is 6.26 Å². The smallest absolute Gasteiger partial charge is 0.336 e. The minimum atomic E-state index is -3.61. The van der Waals surface area contributed by atoms with Gasteiger partial charge in [0.05, 0.1) is 42.2 Å². The number of dihydropyridines is 1. The van der Waals surface area contributed by atoms with Crippen LogP contribution in [0.3, 0.4) is 0 Å². The number of aromatic nitrogens is 2. The first-order valence-corrected chi connectivity index (χ1v) is 11.5. The van der Waals surface area contributed by atoms with E-state index in [4.69, 9.17) is 9.47 Å². The monoisotopic (exact) mass is 439 g/mol. The highest BCUT2D eigenvalue weighted by Crippen LogP contribution is 2.39. The van der Waals surface area contributed by atoms with Gasteiger partial charge in [-0.25, -0.2) is 23.0 Å². The van der Waals surface area contributed by atoms with Gasteiger partial charge in [-0.15, -0.1) is 0 Å². The highest BCUT2D eigenvalue weighted by atomic mass is 32.2. The Hall–Kier alpha value is -2.62. The van der Waals surface area contributed by atoms with Crippen LogP contribution in [-0.4, -0.2) is 49.4 Å². The van der Waals surface area contributed by atoms with Crippen LogP contribution in [0.5, 0.6) is 0 Å². The van der Waals surface area contributed by atoms with Gasteiger partial charge in [0.25, 0.3) is 0 Å². The fraction of sp³-hybridized carbons (Fsp3) is 0.550. The topological polar surface area (TPSA) is 117 Å². The number of rotatable bonds is 7. The third-order valence-corrected chi connectivity index (χ3v) is 5.67. The number of carbonyl (C=O) groups excluding carboxylic acids is 2. The molecule has 0 aliphatic carbocycles. The first-order valence-electron chi connectivity index (χ1n) is 9.64. The number of imidazole rings is 1. The first kappa shape index (κ1) is 23.7. The molecular formula is C20H29N3O6S. The molecule has 10 heteroatoms. The predicted molar refractivity (Wildman–Crippen MR) is 110 cm³/mol. The molecular weight excluding hydrogens is 410 g/mol. The van der Waals surface area contributed by atoms with Crippen LogP contribution in [-0.2, 0) is 35.9 Å². The van der Waals surface area contributed by atoms with Crippen LogP contribution in [0.15, 0.2) is 33.9 Å². The van der Waals surface area contributed by atoms with Crippen LogP contribution in [0.4, 0.5) is 0 Å². The van der Waals surface area contributed by atoms with E-state index in [-0.39, 0.29) is 35.4 Å². The van der Waals surface area contributed by atoms with Gasteiger partial charge in [0.1, 0.15) is 0 Å². The summed E-state index contributed by atoms with van der Waals surface area (Å²) in [4.78, 5) is 29.8. The average molecular weight is 440 g/mol. The van der Waals surface area contributed by atoms with Gasteiger partial charge < -0.3 is 19.4 Å². The molecule has 1 aliphatic rings. The summed E-state index contributed by atoms with van der Waals surface area (Å²) in [5.74, 6) is -1.95. The van der Waals surface area contributed by atoms with Crippen molar-refractivity contribution in [2.24, 2.45) is 13.0 Å². The molecule has 0 aromatic carbocycles. The van der Waals surface area contributed by atoms with E-state index in [1.807, 2.05) is 13.8 Å². The lowest BCUT2D eigenvalue weighted by Crippen LogP contribution is -2.33. The third kappa shape index (κ3) is 4.75. The molecule has 2 heterocycles. The Kier molecular flexibility index (Phi) is 7.12. The van der Waals surface area contributed by atoms with Gasteiger partial charge in [-0.2, -0.15) is 0 Å². The minimum absolute atomic E-state index is 0.125. The molecule has 1 N–H and O–H groups in total. The number of esters is 2. The van der Waals surface area contributed by atoms with Crippen LogP contribution in [0.25, 0.3) is 0 Å². The van der Waals surface area contributed by atoms with Gasteiger partial charge in [0.2, 0.25) is 15.0 Å². The lowest BCUT2D eigenvalue weighted by Gasteiger charge is -2.30. The van der Waals surface area contributed by atoms with E-state index < -0.39 is 27.7 Å². The van der Waals surface area contributed by atoms with Gasteiger partial charge >= 0.3 is 11.9 Å². The van der Waals surface area contributed by atoms with Crippen molar-refractivity contribution in [2.75, 3.05) is 19.5 Å². The number of nitrogens with one attached hydrogen (secondary N) is 1. The zero-order chi connectivity index (χ0) is 22.8.